The first-order chi connectivity index (χ1) is 9.90. The SMILES string of the molecule is CCC(=O)CN1CCN(c2cccc(C(F)(F)F)c2)CC1. The van der Waals surface area contributed by atoms with Gasteiger partial charge in [-0.25, -0.2) is 0 Å². The van der Waals surface area contributed by atoms with Crippen molar-refractivity contribution in [1.29, 1.82) is 0 Å². The Hall–Kier alpha value is -1.56. The second-order valence-corrected chi connectivity index (χ2v) is 5.20. The lowest BCUT2D eigenvalue weighted by molar-refractivity contribution is -0.137. The van der Waals surface area contributed by atoms with Crippen LogP contribution in [-0.2, 0) is 11.0 Å². The minimum atomic E-state index is -4.31. The van der Waals surface area contributed by atoms with Crippen molar-refractivity contribution >= 4 is 11.5 Å². The molecule has 0 amide bonds. The number of halogens is 3. The topological polar surface area (TPSA) is 23.6 Å². The van der Waals surface area contributed by atoms with Gasteiger partial charge in [0, 0.05) is 38.3 Å². The first-order valence-electron chi connectivity index (χ1n) is 7.06. The molecule has 0 bridgehead atoms. The van der Waals surface area contributed by atoms with Gasteiger partial charge < -0.3 is 4.90 Å². The van der Waals surface area contributed by atoms with Crippen LogP contribution in [0.1, 0.15) is 18.9 Å². The summed E-state index contributed by atoms with van der Waals surface area (Å²) < 4.78 is 38.1. The quantitative estimate of drug-likeness (QED) is 0.854. The van der Waals surface area contributed by atoms with Crippen LogP contribution in [0.25, 0.3) is 0 Å². The van der Waals surface area contributed by atoms with E-state index in [1.165, 1.54) is 12.1 Å². The number of carbonyl (C=O) groups is 1. The number of piperazine rings is 1. The van der Waals surface area contributed by atoms with Crippen molar-refractivity contribution in [3.05, 3.63) is 29.8 Å². The summed E-state index contributed by atoms with van der Waals surface area (Å²) in [7, 11) is 0. The summed E-state index contributed by atoms with van der Waals surface area (Å²) in [5.41, 5.74) is -0.0325. The van der Waals surface area contributed by atoms with Gasteiger partial charge in [-0.15, -0.1) is 0 Å². The molecule has 0 N–H and O–H groups in total. The number of rotatable bonds is 4. The average molecular weight is 300 g/mol. The minimum absolute atomic E-state index is 0.197. The molecule has 1 fully saturated rings. The summed E-state index contributed by atoms with van der Waals surface area (Å²) in [6, 6.07) is 5.40. The highest BCUT2D eigenvalue weighted by Crippen LogP contribution is 2.31. The van der Waals surface area contributed by atoms with Crippen molar-refractivity contribution in [2.45, 2.75) is 19.5 Å². The third-order valence-corrected chi connectivity index (χ3v) is 3.71. The van der Waals surface area contributed by atoms with E-state index in [-0.39, 0.29) is 5.78 Å². The van der Waals surface area contributed by atoms with Crippen LogP contribution < -0.4 is 4.90 Å². The van der Waals surface area contributed by atoms with E-state index in [2.05, 4.69) is 4.90 Å². The largest absolute Gasteiger partial charge is 0.416 e. The maximum absolute atomic E-state index is 12.7. The fourth-order valence-corrected chi connectivity index (χ4v) is 2.40. The van der Waals surface area contributed by atoms with Crippen LogP contribution in [0, 0.1) is 0 Å². The van der Waals surface area contributed by atoms with Gasteiger partial charge in [-0.1, -0.05) is 13.0 Å². The zero-order valence-electron chi connectivity index (χ0n) is 12.0. The Morgan fingerprint density at radius 2 is 1.86 bits per heavy atom. The van der Waals surface area contributed by atoms with Crippen LogP contribution in [0.15, 0.2) is 24.3 Å². The summed E-state index contributed by atoms with van der Waals surface area (Å²) in [6.07, 6.45) is -3.79. The Morgan fingerprint density at radius 1 is 1.19 bits per heavy atom. The van der Waals surface area contributed by atoms with Gasteiger partial charge in [-0.05, 0) is 18.2 Å². The van der Waals surface area contributed by atoms with Gasteiger partial charge in [-0.2, -0.15) is 13.2 Å². The number of Topliss-reactive ketones (excluding diaryl/α,β-unsaturated/α-hetero) is 1. The van der Waals surface area contributed by atoms with Crippen molar-refractivity contribution in [3.8, 4) is 0 Å². The van der Waals surface area contributed by atoms with Crippen LogP contribution in [-0.4, -0.2) is 43.4 Å². The molecular formula is C15H19F3N2O. The summed E-state index contributed by atoms with van der Waals surface area (Å²) in [4.78, 5) is 15.4. The molecule has 1 aliphatic heterocycles. The smallest absolute Gasteiger partial charge is 0.369 e. The molecule has 0 aromatic heterocycles. The first kappa shape index (κ1) is 15.8. The third kappa shape index (κ3) is 4.20. The highest BCUT2D eigenvalue weighted by Gasteiger charge is 2.31. The molecule has 0 atom stereocenters. The van der Waals surface area contributed by atoms with Gasteiger partial charge >= 0.3 is 6.18 Å². The number of ketones is 1. The number of anilines is 1. The Morgan fingerprint density at radius 3 is 2.43 bits per heavy atom. The third-order valence-electron chi connectivity index (χ3n) is 3.71. The number of alkyl halides is 3. The predicted molar refractivity (Wildman–Crippen MR) is 75.4 cm³/mol. The van der Waals surface area contributed by atoms with Gasteiger partial charge in [0.15, 0.2) is 0 Å². The minimum Gasteiger partial charge on any atom is -0.369 e. The summed E-state index contributed by atoms with van der Waals surface area (Å²) in [6.45, 7) is 4.94. The van der Waals surface area contributed by atoms with Gasteiger partial charge in [0.2, 0.25) is 0 Å². The number of benzene rings is 1. The van der Waals surface area contributed by atoms with E-state index in [0.29, 0.717) is 44.8 Å². The molecule has 6 heteroatoms. The number of nitrogens with zero attached hydrogens (tertiary/aromatic N) is 2. The molecule has 1 heterocycles. The molecule has 21 heavy (non-hydrogen) atoms. The van der Waals surface area contributed by atoms with Gasteiger partial charge in [0.1, 0.15) is 5.78 Å². The van der Waals surface area contributed by atoms with E-state index in [1.807, 2.05) is 11.8 Å². The fourth-order valence-electron chi connectivity index (χ4n) is 2.40. The zero-order chi connectivity index (χ0) is 15.5. The van der Waals surface area contributed by atoms with Crippen molar-refractivity contribution in [2.75, 3.05) is 37.6 Å². The standard InChI is InChI=1S/C15H19F3N2O/c1-2-14(21)11-19-6-8-20(9-7-19)13-5-3-4-12(10-13)15(16,17)18/h3-5,10H,2,6-9,11H2,1H3. The van der Waals surface area contributed by atoms with Gasteiger partial charge in [-0.3, -0.25) is 9.69 Å². The molecule has 116 valence electrons. The lowest BCUT2D eigenvalue weighted by atomic mass is 10.1. The Balaban J connectivity index is 1.98. The highest BCUT2D eigenvalue weighted by atomic mass is 19.4. The Bertz CT molecular complexity index is 494. The molecule has 0 aliphatic carbocycles. The van der Waals surface area contributed by atoms with Crippen molar-refractivity contribution in [1.82, 2.24) is 4.90 Å². The number of hydrogen-bond acceptors (Lipinski definition) is 3. The average Bonchev–Trinajstić information content (AvgIpc) is 2.47. The number of hydrogen-bond donors (Lipinski definition) is 0. The molecule has 1 saturated heterocycles. The Labute approximate surface area is 122 Å². The maximum Gasteiger partial charge on any atom is 0.416 e. The number of carbonyl (C=O) groups excluding carboxylic acids is 1. The normalized spacial score (nSPS) is 17.0. The van der Waals surface area contributed by atoms with E-state index in [0.717, 1.165) is 6.07 Å². The molecule has 0 unspecified atom stereocenters. The van der Waals surface area contributed by atoms with Crippen LogP contribution in [0.2, 0.25) is 0 Å². The summed E-state index contributed by atoms with van der Waals surface area (Å²) in [5, 5.41) is 0. The summed E-state index contributed by atoms with van der Waals surface area (Å²) >= 11 is 0. The molecule has 1 aliphatic rings. The molecule has 0 saturated carbocycles. The second kappa shape index (κ2) is 6.47. The van der Waals surface area contributed by atoms with E-state index in [9.17, 15) is 18.0 Å². The van der Waals surface area contributed by atoms with Gasteiger partial charge in [0.05, 0.1) is 12.1 Å². The molecule has 3 nitrogen and oxygen atoms in total. The van der Waals surface area contributed by atoms with E-state index < -0.39 is 11.7 Å². The Kier molecular flexibility index (Phi) is 4.88. The van der Waals surface area contributed by atoms with E-state index >= 15 is 0 Å². The van der Waals surface area contributed by atoms with E-state index in [4.69, 9.17) is 0 Å². The lowest BCUT2D eigenvalue weighted by Gasteiger charge is -2.36. The first-order valence-corrected chi connectivity index (χ1v) is 7.06. The van der Waals surface area contributed by atoms with Crippen LogP contribution in [0.4, 0.5) is 18.9 Å². The molecule has 2 rings (SSSR count). The molecule has 1 aromatic carbocycles. The molecular weight excluding hydrogens is 281 g/mol. The monoisotopic (exact) mass is 300 g/mol. The molecule has 0 radical (unpaired) electrons. The molecule has 1 aromatic rings. The van der Waals surface area contributed by atoms with Crippen LogP contribution >= 0.6 is 0 Å². The van der Waals surface area contributed by atoms with Gasteiger partial charge in [0.25, 0.3) is 0 Å². The highest BCUT2D eigenvalue weighted by molar-refractivity contribution is 5.80. The van der Waals surface area contributed by atoms with Crippen LogP contribution in [0.3, 0.4) is 0 Å². The van der Waals surface area contributed by atoms with Crippen molar-refractivity contribution in [2.24, 2.45) is 0 Å². The fraction of sp³-hybridized carbons (Fsp3) is 0.533. The summed E-state index contributed by atoms with van der Waals surface area (Å²) in [5.74, 6) is 0.197. The maximum atomic E-state index is 12.7. The van der Waals surface area contributed by atoms with Crippen LogP contribution in [0.5, 0.6) is 0 Å². The zero-order valence-corrected chi connectivity index (χ0v) is 12.0. The predicted octanol–water partition coefficient (Wildman–Crippen LogP) is 2.81. The van der Waals surface area contributed by atoms with Crippen molar-refractivity contribution < 1.29 is 18.0 Å². The van der Waals surface area contributed by atoms with Crippen molar-refractivity contribution in [3.63, 3.8) is 0 Å². The molecule has 0 spiro atoms. The lowest BCUT2D eigenvalue weighted by Crippen LogP contribution is -2.48. The second-order valence-electron chi connectivity index (χ2n) is 5.20. The van der Waals surface area contributed by atoms with E-state index in [1.54, 1.807) is 6.07 Å².